The fourth-order valence-corrected chi connectivity index (χ4v) is 6.93. The molecule has 1 saturated carbocycles. The lowest BCUT2D eigenvalue weighted by atomic mass is 9.71. The first kappa shape index (κ1) is 29.0. The monoisotopic (exact) mass is 528 g/mol. The van der Waals surface area contributed by atoms with E-state index < -0.39 is 15.6 Å². The third-order valence-corrected chi connectivity index (χ3v) is 9.88. The van der Waals surface area contributed by atoms with Crippen LogP contribution in [0, 0.1) is 18.3 Å². The van der Waals surface area contributed by atoms with Crippen molar-refractivity contribution < 1.29 is 18.3 Å². The minimum atomic E-state index is -3.88. The Morgan fingerprint density at radius 1 is 1.08 bits per heavy atom. The number of rotatable bonds is 10. The molecule has 6 nitrogen and oxygen atoms in total. The van der Waals surface area contributed by atoms with Crippen LogP contribution in [0.15, 0.2) is 47.4 Å². The molecule has 1 aliphatic carbocycles. The van der Waals surface area contributed by atoms with Crippen molar-refractivity contribution in [1.29, 1.82) is 0 Å². The lowest BCUT2D eigenvalue weighted by Crippen LogP contribution is -2.50. The fraction of sp³-hybridized carbons (Fsp3) is 0.567. The average Bonchev–Trinajstić information content (AvgIpc) is 2.87. The second kappa shape index (κ2) is 11.5. The number of hydrogen-bond donors (Lipinski definition) is 2. The molecule has 37 heavy (non-hydrogen) atoms. The number of aromatic hydroxyl groups is 1. The Hall–Kier alpha value is -2.54. The Balaban J connectivity index is 1.97. The van der Waals surface area contributed by atoms with Gasteiger partial charge in [-0.25, -0.2) is 8.42 Å². The van der Waals surface area contributed by atoms with Gasteiger partial charge in [0.05, 0.1) is 16.1 Å². The zero-order valence-electron chi connectivity index (χ0n) is 23.3. The summed E-state index contributed by atoms with van der Waals surface area (Å²) >= 11 is 0. The highest BCUT2D eigenvalue weighted by molar-refractivity contribution is 7.92. The van der Waals surface area contributed by atoms with Crippen molar-refractivity contribution >= 4 is 21.6 Å². The number of aryl methyl sites for hydroxylation is 1. The standard InChI is InChI=1S/C30H44N2O4S/c1-7-29(6,31-28(34)30(8-2)18-10-9-11-19-30)24-14-17-26(27(33)20-24)32(21-22(3)4)37(35,36)25-15-12-23(5)13-16-25/h12-17,20,22,33H,7-11,18-19,21H2,1-6H3,(H,31,34)/t29-/m0/s1. The molecule has 1 atom stereocenters. The summed E-state index contributed by atoms with van der Waals surface area (Å²) in [6.45, 7) is 12.1. The maximum absolute atomic E-state index is 13.6. The van der Waals surface area contributed by atoms with Gasteiger partial charge in [-0.2, -0.15) is 0 Å². The minimum absolute atomic E-state index is 0.0419. The van der Waals surface area contributed by atoms with Crippen LogP contribution in [0.25, 0.3) is 0 Å². The second-order valence-corrected chi connectivity index (χ2v) is 13.1. The molecule has 2 N–H and O–H groups in total. The van der Waals surface area contributed by atoms with E-state index in [1.54, 1.807) is 36.4 Å². The first-order valence-electron chi connectivity index (χ1n) is 13.6. The Morgan fingerprint density at radius 3 is 2.22 bits per heavy atom. The van der Waals surface area contributed by atoms with Crippen LogP contribution in [0.3, 0.4) is 0 Å². The number of hydrogen-bond acceptors (Lipinski definition) is 4. The van der Waals surface area contributed by atoms with Crippen molar-refractivity contribution in [2.45, 2.75) is 96.9 Å². The molecule has 0 radical (unpaired) electrons. The quantitative estimate of drug-likeness (QED) is 0.361. The molecule has 0 aliphatic heterocycles. The van der Waals surface area contributed by atoms with Gasteiger partial charge < -0.3 is 10.4 Å². The molecule has 1 amide bonds. The number of carbonyl (C=O) groups excluding carboxylic acids is 1. The molecule has 2 aromatic carbocycles. The van der Waals surface area contributed by atoms with Gasteiger partial charge in [-0.1, -0.05) is 70.7 Å². The number of benzene rings is 2. The maximum Gasteiger partial charge on any atom is 0.264 e. The van der Waals surface area contributed by atoms with Gasteiger partial charge in [-0.3, -0.25) is 9.10 Å². The van der Waals surface area contributed by atoms with E-state index in [-0.39, 0.29) is 40.1 Å². The average molecular weight is 529 g/mol. The van der Waals surface area contributed by atoms with Crippen molar-refractivity contribution in [1.82, 2.24) is 5.32 Å². The molecule has 0 aromatic heterocycles. The zero-order chi connectivity index (χ0) is 27.4. The molecule has 0 bridgehead atoms. The Kier molecular flexibility index (Phi) is 8.99. The third kappa shape index (κ3) is 6.14. The van der Waals surface area contributed by atoms with Gasteiger partial charge in [0, 0.05) is 12.0 Å². The Bertz CT molecular complexity index is 1180. The van der Waals surface area contributed by atoms with E-state index in [4.69, 9.17) is 0 Å². The molecular formula is C30H44N2O4S. The summed E-state index contributed by atoms with van der Waals surface area (Å²) < 4.78 is 28.5. The van der Waals surface area contributed by atoms with Crippen molar-refractivity contribution in [3.8, 4) is 5.75 Å². The summed E-state index contributed by atoms with van der Waals surface area (Å²) in [4.78, 5) is 13.7. The summed E-state index contributed by atoms with van der Waals surface area (Å²) in [5, 5.41) is 14.5. The van der Waals surface area contributed by atoms with E-state index in [2.05, 4.69) is 12.2 Å². The van der Waals surface area contributed by atoms with E-state index in [9.17, 15) is 18.3 Å². The van der Waals surface area contributed by atoms with Crippen LogP contribution in [-0.2, 0) is 20.4 Å². The number of nitrogens with zero attached hydrogens (tertiary/aromatic N) is 1. The molecule has 0 spiro atoms. The SMILES string of the molecule is CCC1(C(=O)N[C@@](C)(CC)c2ccc(N(CC(C)C)S(=O)(=O)c3ccc(C)cc3)c(O)c2)CCCCC1. The number of nitrogens with one attached hydrogen (secondary N) is 1. The van der Waals surface area contributed by atoms with Crippen molar-refractivity contribution in [2.24, 2.45) is 11.3 Å². The highest BCUT2D eigenvalue weighted by Crippen LogP contribution is 2.42. The predicted molar refractivity (Wildman–Crippen MR) is 150 cm³/mol. The molecule has 1 aliphatic rings. The molecule has 2 aromatic rings. The highest BCUT2D eigenvalue weighted by Gasteiger charge is 2.41. The number of carbonyl (C=O) groups is 1. The molecule has 7 heteroatoms. The largest absolute Gasteiger partial charge is 0.506 e. The van der Waals surface area contributed by atoms with Crippen LogP contribution in [0.4, 0.5) is 5.69 Å². The van der Waals surface area contributed by atoms with Crippen molar-refractivity contribution in [3.05, 3.63) is 53.6 Å². The van der Waals surface area contributed by atoms with E-state index in [0.717, 1.165) is 43.2 Å². The fourth-order valence-electron chi connectivity index (χ4n) is 5.29. The van der Waals surface area contributed by atoms with Crippen molar-refractivity contribution in [2.75, 3.05) is 10.8 Å². The van der Waals surface area contributed by atoms with E-state index in [1.807, 2.05) is 40.7 Å². The molecular weight excluding hydrogens is 484 g/mol. The first-order valence-corrected chi connectivity index (χ1v) is 15.1. The van der Waals surface area contributed by atoms with Crippen LogP contribution in [0.5, 0.6) is 5.75 Å². The van der Waals surface area contributed by atoms with Gasteiger partial charge >= 0.3 is 0 Å². The van der Waals surface area contributed by atoms with Gasteiger partial charge in [-0.15, -0.1) is 0 Å². The minimum Gasteiger partial charge on any atom is -0.506 e. The van der Waals surface area contributed by atoms with Gasteiger partial charge in [-0.05, 0) is 75.3 Å². The Labute approximate surface area is 223 Å². The maximum atomic E-state index is 13.6. The van der Waals surface area contributed by atoms with Gasteiger partial charge in [0.2, 0.25) is 5.91 Å². The van der Waals surface area contributed by atoms with E-state index in [0.29, 0.717) is 6.42 Å². The van der Waals surface area contributed by atoms with Gasteiger partial charge in [0.1, 0.15) is 5.75 Å². The molecule has 0 unspecified atom stereocenters. The van der Waals surface area contributed by atoms with Crippen LogP contribution in [-0.4, -0.2) is 26.0 Å². The van der Waals surface area contributed by atoms with Crippen LogP contribution >= 0.6 is 0 Å². The Morgan fingerprint density at radius 2 is 1.70 bits per heavy atom. The lowest BCUT2D eigenvalue weighted by molar-refractivity contribution is -0.135. The smallest absolute Gasteiger partial charge is 0.264 e. The number of sulfonamides is 1. The second-order valence-electron chi connectivity index (χ2n) is 11.3. The number of phenolic OH excluding ortho intramolecular Hbond substituents is 1. The molecule has 0 heterocycles. The number of amides is 1. The highest BCUT2D eigenvalue weighted by atomic mass is 32.2. The topological polar surface area (TPSA) is 86.7 Å². The van der Waals surface area contributed by atoms with Gasteiger partial charge in [0.15, 0.2) is 0 Å². The predicted octanol–water partition coefficient (Wildman–Crippen LogP) is 6.65. The zero-order valence-corrected chi connectivity index (χ0v) is 24.1. The first-order chi connectivity index (χ1) is 17.4. The van der Waals surface area contributed by atoms with Gasteiger partial charge in [0.25, 0.3) is 10.0 Å². The summed E-state index contributed by atoms with van der Waals surface area (Å²) in [5.41, 5.74) is 0.933. The van der Waals surface area contributed by atoms with Crippen molar-refractivity contribution in [3.63, 3.8) is 0 Å². The van der Waals surface area contributed by atoms with E-state index >= 15 is 0 Å². The molecule has 0 saturated heterocycles. The van der Waals surface area contributed by atoms with Crippen LogP contribution in [0.2, 0.25) is 0 Å². The lowest BCUT2D eigenvalue weighted by Gasteiger charge is -2.40. The summed E-state index contributed by atoms with van der Waals surface area (Å²) in [7, 11) is -3.88. The third-order valence-electron chi connectivity index (χ3n) is 8.09. The summed E-state index contributed by atoms with van der Waals surface area (Å²) in [6.07, 6.45) is 6.56. The number of anilines is 1. The molecule has 1 fully saturated rings. The van der Waals surface area contributed by atoms with E-state index in [1.165, 1.54) is 10.7 Å². The summed E-state index contributed by atoms with van der Waals surface area (Å²) in [6, 6.07) is 11.8. The molecule has 3 rings (SSSR count). The summed E-state index contributed by atoms with van der Waals surface area (Å²) in [5.74, 6) is -0.00291. The molecule has 204 valence electrons. The van der Waals surface area contributed by atoms with Crippen LogP contribution in [0.1, 0.15) is 90.7 Å². The number of phenols is 1. The normalized spacial score (nSPS) is 17.3. The van der Waals surface area contributed by atoms with Crippen LogP contribution < -0.4 is 9.62 Å².